The first-order valence-corrected chi connectivity index (χ1v) is 8.42. The van der Waals surface area contributed by atoms with E-state index in [0.29, 0.717) is 19.4 Å². The predicted molar refractivity (Wildman–Crippen MR) is 91.5 cm³/mol. The molecule has 0 unspecified atom stereocenters. The lowest BCUT2D eigenvalue weighted by Crippen LogP contribution is -2.12. The fourth-order valence-corrected chi connectivity index (χ4v) is 2.53. The van der Waals surface area contributed by atoms with Crippen LogP contribution in [0.25, 0.3) is 0 Å². The maximum atomic E-state index is 11.8. The molecule has 0 spiro atoms. The Kier molecular flexibility index (Phi) is 5.59. The van der Waals surface area contributed by atoms with Crippen molar-refractivity contribution in [2.75, 3.05) is 20.0 Å². The molecule has 0 radical (unpaired) electrons. The summed E-state index contributed by atoms with van der Waals surface area (Å²) >= 11 is 3.36. The summed E-state index contributed by atoms with van der Waals surface area (Å²) in [5.74, 6) is 1.97. The van der Waals surface area contributed by atoms with Crippen LogP contribution in [0.2, 0.25) is 0 Å². The summed E-state index contributed by atoms with van der Waals surface area (Å²) in [6, 6.07) is 13.2. The zero-order valence-electron chi connectivity index (χ0n) is 13.0. The molecule has 0 aromatic heterocycles. The van der Waals surface area contributed by atoms with E-state index in [1.54, 1.807) is 0 Å². The first-order valence-electron chi connectivity index (χ1n) is 7.63. The summed E-state index contributed by atoms with van der Waals surface area (Å²) < 4.78 is 22.2. The summed E-state index contributed by atoms with van der Waals surface area (Å²) in [7, 11) is 0. The van der Waals surface area contributed by atoms with E-state index < -0.39 is 0 Å². The average molecular weight is 393 g/mol. The number of ether oxygens (including phenoxy) is 4. The molecule has 0 amide bonds. The van der Waals surface area contributed by atoms with Gasteiger partial charge in [-0.1, -0.05) is 22.0 Å². The van der Waals surface area contributed by atoms with Gasteiger partial charge in [0.25, 0.3) is 0 Å². The number of halogens is 1. The number of fused-ring (bicyclic) bond motifs is 1. The largest absolute Gasteiger partial charge is 0.490 e. The van der Waals surface area contributed by atoms with Crippen LogP contribution in [0.3, 0.4) is 0 Å². The molecule has 3 rings (SSSR count). The highest BCUT2D eigenvalue weighted by atomic mass is 79.9. The molecule has 0 saturated heterocycles. The van der Waals surface area contributed by atoms with E-state index in [9.17, 15) is 4.79 Å². The van der Waals surface area contributed by atoms with Crippen molar-refractivity contribution in [2.45, 2.75) is 12.8 Å². The Hall–Kier alpha value is -2.21. The lowest BCUT2D eigenvalue weighted by molar-refractivity contribution is -0.144. The van der Waals surface area contributed by atoms with Gasteiger partial charge in [-0.15, -0.1) is 0 Å². The van der Waals surface area contributed by atoms with Crippen molar-refractivity contribution >= 4 is 21.9 Å². The van der Waals surface area contributed by atoms with E-state index in [-0.39, 0.29) is 19.4 Å². The van der Waals surface area contributed by atoms with Gasteiger partial charge in [-0.25, -0.2) is 0 Å². The number of benzene rings is 2. The van der Waals surface area contributed by atoms with Gasteiger partial charge in [0.15, 0.2) is 11.5 Å². The van der Waals surface area contributed by atoms with Gasteiger partial charge < -0.3 is 18.9 Å². The van der Waals surface area contributed by atoms with Gasteiger partial charge in [-0.2, -0.15) is 0 Å². The molecule has 0 fully saturated rings. The number of rotatable bonds is 7. The van der Waals surface area contributed by atoms with Crippen molar-refractivity contribution in [1.29, 1.82) is 0 Å². The van der Waals surface area contributed by atoms with Crippen LogP contribution in [0, 0.1) is 0 Å². The highest BCUT2D eigenvalue weighted by Crippen LogP contribution is 2.32. The molecule has 24 heavy (non-hydrogen) atoms. The monoisotopic (exact) mass is 392 g/mol. The van der Waals surface area contributed by atoms with E-state index in [1.165, 1.54) is 0 Å². The molecule has 1 aliphatic heterocycles. The maximum Gasteiger partial charge on any atom is 0.306 e. The van der Waals surface area contributed by atoms with Crippen molar-refractivity contribution in [3.8, 4) is 17.2 Å². The molecule has 1 heterocycles. The Morgan fingerprint density at radius 1 is 1.04 bits per heavy atom. The van der Waals surface area contributed by atoms with Gasteiger partial charge >= 0.3 is 5.97 Å². The topological polar surface area (TPSA) is 54.0 Å². The summed E-state index contributed by atoms with van der Waals surface area (Å²) in [5.41, 5.74) is 1.02. The molecule has 0 aliphatic carbocycles. The minimum absolute atomic E-state index is 0.232. The molecule has 1 aliphatic rings. The molecule has 0 saturated carbocycles. The number of carbonyl (C=O) groups is 1. The third kappa shape index (κ3) is 4.64. The Morgan fingerprint density at radius 2 is 1.83 bits per heavy atom. The molecule has 126 valence electrons. The number of hydrogen-bond donors (Lipinski definition) is 0. The zero-order valence-corrected chi connectivity index (χ0v) is 14.6. The Morgan fingerprint density at radius 3 is 2.67 bits per heavy atom. The molecule has 0 bridgehead atoms. The van der Waals surface area contributed by atoms with Crippen LogP contribution in [0.5, 0.6) is 17.2 Å². The minimum atomic E-state index is -0.243. The number of carbonyl (C=O) groups excluding carboxylic acids is 1. The lowest BCUT2D eigenvalue weighted by atomic mass is 10.1. The third-order valence-electron chi connectivity index (χ3n) is 3.48. The Bertz CT molecular complexity index is 699. The van der Waals surface area contributed by atoms with Crippen molar-refractivity contribution in [1.82, 2.24) is 0 Å². The van der Waals surface area contributed by atoms with Crippen LogP contribution in [0.1, 0.15) is 12.0 Å². The summed E-state index contributed by atoms with van der Waals surface area (Å²) in [5, 5.41) is 0. The summed E-state index contributed by atoms with van der Waals surface area (Å²) in [4.78, 5) is 11.8. The van der Waals surface area contributed by atoms with Gasteiger partial charge in [0, 0.05) is 10.9 Å². The Labute approximate surface area is 148 Å². The second-order valence-electron chi connectivity index (χ2n) is 5.21. The van der Waals surface area contributed by atoms with Crippen LogP contribution < -0.4 is 14.2 Å². The highest BCUT2D eigenvalue weighted by molar-refractivity contribution is 9.10. The van der Waals surface area contributed by atoms with Crippen molar-refractivity contribution in [3.63, 3.8) is 0 Å². The van der Waals surface area contributed by atoms with Gasteiger partial charge in [-0.05, 0) is 48.4 Å². The molecule has 5 nitrogen and oxygen atoms in total. The first kappa shape index (κ1) is 16.6. The van der Waals surface area contributed by atoms with Crippen LogP contribution in [0.15, 0.2) is 46.9 Å². The van der Waals surface area contributed by atoms with Crippen LogP contribution in [0.4, 0.5) is 0 Å². The number of esters is 1. The molecule has 0 N–H and O–H groups in total. The number of aryl methyl sites for hydroxylation is 1. The predicted octanol–water partition coefficient (Wildman–Crippen LogP) is 3.73. The van der Waals surface area contributed by atoms with Crippen molar-refractivity contribution in [3.05, 3.63) is 52.5 Å². The van der Waals surface area contributed by atoms with Crippen molar-refractivity contribution < 1.29 is 23.7 Å². The normalized spacial score (nSPS) is 12.0. The molecule has 6 heteroatoms. The maximum absolute atomic E-state index is 11.8. The standard InChI is InChI=1S/C18H17BrO5/c19-14-3-5-15(6-4-14)21-9-10-22-18(20)8-2-13-1-7-16-17(11-13)24-12-23-16/h1,3-7,11H,2,8-10,12H2. The fraction of sp³-hybridized carbons (Fsp3) is 0.278. The van der Waals surface area contributed by atoms with E-state index in [0.717, 1.165) is 27.3 Å². The van der Waals surface area contributed by atoms with Gasteiger partial charge in [0.2, 0.25) is 6.79 Å². The van der Waals surface area contributed by atoms with Gasteiger partial charge in [0.1, 0.15) is 19.0 Å². The Balaban J connectivity index is 1.34. The second-order valence-corrected chi connectivity index (χ2v) is 6.13. The van der Waals surface area contributed by atoms with Crippen LogP contribution in [-0.4, -0.2) is 26.0 Å². The van der Waals surface area contributed by atoms with E-state index in [2.05, 4.69) is 15.9 Å². The van der Waals surface area contributed by atoms with E-state index in [1.807, 2.05) is 42.5 Å². The zero-order chi connectivity index (χ0) is 16.8. The molecule has 2 aromatic carbocycles. The fourth-order valence-electron chi connectivity index (χ4n) is 2.26. The molecular formula is C18H17BrO5. The van der Waals surface area contributed by atoms with Crippen LogP contribution in [-0.2, 0) is 16.0 Å². The smallest absolute Gasteiger partial charge is 0.306 e. The first-order chi connectivity index (χ1) is 11.7. The molecular weight excluding hydrogens is 376 g/mol. The van der Waals surface area contributed by atoms with E-state index >= 15 is 0 Å². The van der Waals surface area contributed by atoms with Crippen molar-refractivity contribution in [2.24, 2.45) is 0 Å². The van der Waals surface area contributed by atoms with E-state index in [4.69, 9.17) is 18.9 Å². The third-order valence-corrected chi connectivity index (χ3v) is 4.01. The number of hydrogen-bond acceptors (Lipinski definition) is 5. The molecule has 2 aromatic rings. The van der Waals surface area contributed by atoms with Gasteiger partial charge in [0.05, 0.1) is 0 Å². The van der Waals surface area contributed by atoms with Crippen LogP contribution >= 0.6 is 15.9 Å². The highest BCUT2D eigenvalue weighted by Gasteiger charge is 2.13. The second kappa shape index (κ2) is 8.06. The average Bonchev–Trinajstić information content (AvgIpc) is 3.06. The quantitative estimate of drug-likeness (QED) is 0.530. The minimum Gasteiger partial charge on any atom is -0.490 e. The summed E-state index contributed by atoms with van der Waals surface area (Å²) in [6.45, 7) is 0.812. The summed E-state index contributed by atoms with van der Waals surface area (Å²) in [6.07, 6.45) is 0.918. The lowest BCUT2D eigenvalue weighted by Gasteiger charge is -2.08. The van der Waals surface area contributed by atoms with Gasteiger partial charge in [-0.3, -0.25) is 4.79 Å². The SMILES string of the molecule is O=C(CCc1ccc2c(c1)OCO2)OCCOc1ccc(Br)cc1. The molecule has 0 atom stereocenters.